The SMILES string of the molecule is CCOC(=O)c1ccsc1NC(=O)CCCN. The summed E-state index contributed by atoms with van der Waals surface area (Å²) in [5.74, 6) is -0.550. The van der Waals surface area contributed by atoms with Gasteiger partial charge in [-0.15, -0.1) is 11.3 Å². The molecule has 1 aromatic rings. The van der Waals surface area contributed by atoms with Gasteiger partial charge in [0.15, 0.2) is 0 Å². The lowest BCUT2D eigenvalue weighted by Crippen LogP contribution is -2.15. The highest BCUT2D eigenvalue weighted by Gasteiger charge is 2.15. The lowest BCUT2D eigenvalue weighted by molar-refractivity contribution is -0.116. The van der Waals surface area contributed by atoms with Crippen LogP contribution < -0.4 is 11.1 Å². The van der Waals surface area contributed by atoms with Gasteiger partial charge in [-0.2, -0.15) is 0 Å². The van der Waals surface area contributed by atoms with E-state index in [-0.39, 0.29) is 5.91 Å². The van der Waals surface area contributed by atoms with Gasteiger partial charge in [-0.05, 0) is 31.3 Å². The molecule has 0 aromatic carbocycles. The molecular formula is C11H16N2O3S. The van der Waals surface area contributed by atoms with Gasteiger partial charge in [0.05, 0.1) is 12.2 Å². The lowest BCUT2D eigenvalue weighted by atomic mass is 10.3. The third-order valence-electron chi connectivity index (χ3n) is 2.02. The molecule has 5 nitrogen and oxygen atoms in total. The van der Waals surface area contributed by atoms with Crippen molar-refractivity contribution in [3.8, 4) is 0 Å². The number of thiophene rings is 1. The third kappa shape index (κ3) is 4.16. The Balaban J connectivity index is 2.62. The van der Waals surface area contributed by atoms with E-state index in [0.717, 1.165) is 0 Å². The van der Waals surface area contributed by atoms with Crippen molar-refractivity contribution >= 4 is 28.2 Å². The van der Waals surface area contributed by atoms with Crippen LogP contribution in [0.5, 0.6) is 0 Å². The molecule has 0 saturated heterocycles. The van der Waals surface area contributed by atoms with Crippen LogP contribution in [0, 0.1) is 0 Å². The largest absolute Gasteiger partial charge is 0.462 e. The number of ether oxygens (including phenoxy) is 1. The van der Waals surface area contributed by atoms with E-state index in [1.807, 2.05) is 0 Å². The molecule has 0 radical (unpaired) electrons. The highest BCUT2D eigenvalue weighted by Crippen LogP contribution is 2.24. The summed E-state index contributed by atoms with van der Waals surface area (Å²) < 4.78 is 4.89. The number of anilines is 1. The highest BCUT2D eigenvalue weighted by atomic mass is 32.1. The van der Waals surface area contributed by atoms with Crippen LogP contribution in [-0.2, 0) is 9.53 Å². The van der Waals surface area contributed by atoms with Crippen molar-refractivity contribution in [3.63, 3.8) is 0 Å². The van der Waals surface area contributed by atoms with E-state index in [9.17, 15) is 9.59 Å². The normalized spacial score (nSPS) is 10.0. The fraction of sp³-hybridized carbons (Fsp3) is 0.455. The van der Waals surface area contributed by atoms with Crippen molar-refractivity contribution in [2.24, 2.45) is 5.73 Å². The number of nitrogens with one attached hydrogen (secondary N) is 1. The maximum atomic E-state index is 11.5. The van der Waals surface area contributed by atoms with Crippen molar-refractivity contribution in [1.82, 2.24) is 0 Å². The molecule has 0 aliphatic heterocycles. The van der Waals surface area contributed by atoms with Crippen molar-refractivity contribution in [2.45, 2.75) is 19.8 Å². The first-order valence-electron chi connectivity index (χ1n) is 5.43. The summed E-state index contributed by atoms with van der Waals surface area (Å²) in [5.41, 5.74) is 5.72. The van der Waals surface area contributed by atoms with Crippen molar-refractivity contribution in [2.75, 3.05) is 18.5 Å². The number of hydrogen-bond acceptors (Lipinski definition) is 5. The summed E-state index contributed by atoms with van der Waals surface area (Å²) in [6.07, 6.45) is 0.989. The first-order valence-corrected chi connectivity index (χ1v) is 6.31. The molecule has 0 fully saturated rings. The molecule has 94 valence electrons. The molecule has 1 aromatic heterocycles. The molecular weight excluding hydrogens is 240 g/mol. The molecule has 0 unspecified atom stereocenters. The van der Waals surface area contributed by atoms with E-state index in [0.29, 0.717) is 36.6 Å². The molecule has 0 saturated carbocycles. The van der Waals surface area contributed by atoms with Gasteiger partial charge in [0.2, 0.25) is 5.91 Å². The van der Waals surface area contributed by atoms with Gasteiger partial charge in [0, 0.05) is 6.42 Å². The summed E-state index contributed by atoms with van der Waals surface area (Å²) in [5, 5.41) is 4.96. The molecule has 0 bridgehead atoms. The summed E-state index contributed by atoms with van der Waals surface area (Å²) in [4.78, 5) is 23.0. The van der Waals surface area contributed by atoms with E-state index < -0.39 is 5.97 Å². The molecule has 1 rings (SSSR count). The number of nitrogens with two attached hydrogens (primary N) is 1. The van der Waals surface area contributed by atoms with Gasteiger partial charge < -0.3 is 15.8 Å². The quantitative estimate of drug-likeness (QED) is 0.757. The average molecular weight is 256 g/mol. The molecule has 17 heavy (non-hydrogen) atoms. The van der Waals surface area contributed by atoms with Gasteiger partial charge in [0.1, 0.15) is 5.00 Å². The smallest absolute Gasteiger partial charge is 0.341 e. The van der Waals surface area contributed by atoms with Crippen LogP contribution in [-0.4, -0.2) is 25.0 Å². The third-order valence-corrected chi connectivity index (χ3v) is 2.85. The second-order valence-electron chi connectivity index (χ2n) is 3.32. The van der Waals surface area contributed by atoms with Crippen molar-refractivity contribution < 1.29 is 14.3 Å². The van der Waals surface area contributed by atoms with E-state index in [1.54, 1.807) is 18.4 Å². The minimum Gasteiger partial charge on any atom is -0.462 e. The monoisotopic (exact) mass is 256 g/mol. The van der Waals surface area contributed by atoms with Gasteiger partial charge in [-0.25, -0.2) is 4.79 Å². The van der Waals surface area contributed by atoms with Gasteiger partial charge in [-0.3, -0.25) is 4.79 Å². The zero-order valence-corrected chi connectivity index (χ0v) is 10.5. The second-order valence-corrected chi connectivity index (χ2v) is 4.24. The highest BCUT2D eigenvalue weighted by molar-refractivity contribution is 7.14. The molecule has 0 atom stereocenters. The zero-order valence-electron chi connectivity index (χ0n) is 9.69. The molecule has 1 amide bonds. The van der Waals surface area contributed by atoms with E-state index in [4.69, 9.17) is 10.5 Å². The Morgan fingerprint density at radius 1 is 1.53 bits per heavy atom. The standard InChI is InChI=1S/C11H16N2O3S/c1-2-16-11(15)8-5-7-17-10(8)13-9(14)4-3-6-12/h5,7H,2-4,6,12H2,1H3,(H,13,14). The fourth-order valence-corrected chi connectivity index (χ4v) is 2.02. The Labute approximate surface area is 104 Å². The Hall–Kier alpha value is -1.40. The molecule has 0 spiro atoms. The van der Waals surface area contributed by atoms with Crippen LogP contribution in [0.4, 0.5) is 5.00 Å². The number of carbonyl (C=O) groups excluding carboxylic acids is 2. The van der Waals surface area contributed by atoms with Gasteiger partial charge >= 0.3 is 5.97 Å². The first kappa shape index (κ1) is 13.7. The van der Waals surface area contributed by atoms with Crippen LogP contribution in [0.1, 0.15) is 30.1 Å². The van der Waals surface area contributed by atoms with E-state index >= 15 is 0 Å². The van der Waals surface area contributed by atoms with Crippen LogP contribution in [0.15, 0.2) is 11.4 Å². The summed E-state index contributed by atoms with van der Waals surface area (Å²) in [6, 6.07) is 1.64. The van der Waals surface area contributed by atoms with Crippen molar-refractivity contribution in [1.29, 1.82) is 0 Å². The summed E-state index contributed by atoms with van der Waals surface area (Å²) in [6.45, 7) is 2.53. The maximum absolute atomic E-state index is 11.5. The molecule has 6 heteroatoms. The minimum absolute atomic E-state index is 0.136. The first-order chi connectivity index (χ1) is 8.19. The van der Waals surface area contributed by atoms with Crippen LogP contribution in [0.25, 0.3) is 0 Å². The number of hydrogen-bond donors (Lipinski definition) is 2. The molecule has 0 aliphatic carbocycles. The molecule has 1 heterocycles. The van der Waals surface area contributed by atoms with Gasteiger partial charge in [0.25, 0.3) is 0 Å². The predicted molar refractivity (Wildman–Crippen MR) is 67.2 cm³/mol. The maximum Gasteiger partial charge on any atom is 0.341 e. The van der Waals surface area contributed by atoms with Crippen LogP contribution in [0.2, 0.25) is 0 Å². The molecule has 3 N–H and O–H groups in total. The zero-order chi connectivity index (χ0) is 12.7. The number of rotatable bonds is 6. The van der Waals surface area contributed by atoms with E-state index in [2.05, 4.69) is 5.32 Å². The summed E-state index contributed by atoms with van der Waals surface area (Å²) in [7, 11) is 0. The van der Waals surface area contributed by atoms with Crippen LogP contribution >= 0.6 is 11.3 Å². The summed E-state index contributed by atoms with van der Waals surface area (Å²) >= 11 is 1.30. The number of carbonyl (C=O) groups is 2. The lowest BCUT2D eigenvalue weighted by Gasteiger charge is -2.05. The second kappa shape index (κ2) is 7.03. The topological polar surface area (TPSA) is 81.4 Å². The number of esters is 1. The minimum atomic E-state index is -0.414. The van der Waals surface area contributed by atoms with Crippen LogP contribution in [0.3, 0.4) is 0 Å². The Kier molecular flexibility index (Phi) is 5.65. The average Bonchev–Trinajstić information content (AvgIpc) is 2.75. The van der Waals surface area contributed by atoms with E-state index in [1.165, 1.54) is 11.3 Å². The Morgan fingerprint density at radius 3 is 2.94 bits per heavy atom. The molecule has 0 aliphatic rings. The van der Waals surface area contributed by atoms with Crippen molar-refractivity contribution in [3.05, 3.63) is 17.0 Å². The Bertz CT molecular complexity index is 390. The predicted octanol–water partition coefficient (Wildman–Crippen LogP) is 1.60. The number of amides is 1. The fourth-order valence-electron chi connectivity index (χ4n) is 1.23. The van der Waals surface area contributed by atoms with Gasteiger partial charge in [-0.1, -0.05) is 0 Å². The Morgan fingerprint density at radius 2 is 2.29 bits per heavy atom.